The summed E-state index contributed by atoms with van der Waals surface area (Å²) in [6, 6.07) is 0. The molecule has 1 aromatic carbocycles. The van der Waals surface area contributed by atoms with Gasteiger partial charge in [0.2, 0.25) is 11.7 Å². The molecule has 0 aliphatic rings. The number of halogens is 5. The minimum Gasteiger partial charge on any atom is -0.466 e. The van der Waals surface area contributed by atoms with Crippen LogP contribution in [0, 0.1) is 29.1 Å². The smallest absolute Gasteiger partial charge is 0.303 e. The van der Waals surface area contributed by atoms with Gasteiger partial charge in [0, 0.05) is 32.4 Å². The maximum atomic E-state index is 13.6. The Morgan fingerprint density at radius 2 is 1.39 bits per heavy atom. The maximum absolute atomic E-state index is 13.6. The molecule has 0 bridgehead atoms. The summed E-state index contributed by atoms with van der Waals surface area (Å²) in [5, 5.41) is 2.01. The van der Waals surface area contributed by atoms with E-state index in [-0.39, 0.29) is 13.0 Å². The largest absolute Gasteiger partial charge is 0.466 e. The van der Waals surface area contributed by atoms with Crippen molar-refractivity contribution in [3.63, 3.8) is 0 Å². The third kappa shape index (κ3) is 6.17. The number of carbonyl (C=O) groups is 3. The molecule has 0 aromatic heterocycles. The molecular weight excluding hydrogens is 393 g/mol. The molecule has 1 atom stereocenters. The van der Waals surface area contributed by atoms with Crippen molar-refractivity contribution in [1.82, 2.24) is 5.32 Å². The number of ether oxygens (including phenoxy) is 2. The first-order chi connectivity index (χ1) is 12.9. The van der Waals surface area contributed by atoms with Crippen LogP contribution in [0.3, 0.4) is 0 Å². The third-order valence-corrected chi connectivity index (χ3v) is 3.62. The normalized spacial score (nSPS) is 12.9. The van der Waals surface area contributed by atoms with E-state index in [1.165, 1.54) is 6.92 Å². The average molecular weight is 411 g/mol. The minimum absolute atomic E-state index is 0.0674. The van der Waals surface area contributed by atoms with Crippen LogP contribution in [0.25, 0.3) is 0 Å². The fourth-order valence-corrected chi connectivity index (χ4v) is 2.33. The summed E-state index contributed by atoms with van der Waals surface area (Å²) in [7, 11) is 0. The number of carbonyl (C=O) groups excluding carboxylic acids is 3. The molecule has 28 heavy (non-hydrogen) atoms. The van der Waals surface area contributed by atoms with Gasteiger partial charge in [0.15, 0.2) is 23.3 Å². The highest BCUT2D eigenvalue weighted by molar-refractivity contribution is 5.77. The van der Waals surface area contributed by atoms with E-state index in [4.69, 9.17) is 9.47 Å². The fourth-order valence-electron chi connectivity index (χ4n) is 2.33. The summed E-state index contributed by atoms with van der Waals surface area (Å²) in [6.45, 7) is 2.43. The van der Waals surface area contributed by atoms with Gasteiger partial charge < -0.3 is 14.8 Å². The Hall–Kier alpha value is -2.72. The topological polar surface area (TPSA) is 81.7 Å². The van der Waals surface area contributed by atoms with Crippen molar-refractivity contribution in [2.75, 3.05) is 6.61 Å². The van der Waals surface area contributed by atoms with Gasteiger partial charge in [-0.05, 0) is 6.92 Å². The molecule has 0 aliphatic heterocycles. The standard InChI is InChI=1S/C17H18F5NO5/c1-8(24)27-5-4-17(3,28-9(2)25)6-11(26)23-7-10-12(18)14(20)16(22)15(21)13(10)19/h4-7H2,1-3H3,(H,23,26). The van der Waals surface area contributed by atoms with Crippen molar-refractivity contribution in [1.29, 1.82) is 0 Å². The quantitative estimate of drug-likeness (QED) is 0.308. The number of rotatable bonds is 8. The lowest BCUT2D eigenvalue weighted by Crippen LogP contribution is -2.39. The highest BCUT2D eigenvalue weighted by atomic mass is 19.2. The molecule has 1 unspecified atom stereocenters. The maximum Gasteiger partial charge on any atom is 0.303 e. The van der Waals surface area contributed by atoms with Crippen LogP contribution in [0.1, 0.15) is 39.2 Å². The van der Waals surface area contributed by atoms with E-state index < -0.39 is 71.1 Å². The number of esters is 2. The molecule has 0 radical (unpaired) electrons. The van der Waals surface area contributed by atoms with Crippen LogP contribution in [-0.2, 0) is 30.4 Å². The van der Waals surface area contributed by atoms with Crippen LogP contribution in [0.15, 0.2) is 0 Å². The Labute approximate surface area is 157 Å². The van der Waals surface area contributed by atoms with Gasteiger partial charge >= 0.3 is 11.9 Å². The van der Waals surface area contributed by atoms with Crippen molar-refractivity contribution in [3.05, 3.63) is 34.6 Å². The van der Waals surface area contributed by atoms with E-state index in [1.54, 1.807) is 0 Å². The van der Waals surface area contributed by atoms with Crippen molar-refractivity contribution in [3.8, 4) is 0 Å². The number of hydrogen-bond donors (Lipinski definition) is 1. The van der Waals surface area contributed by atoms with E-state index in [0.717, 1.165) is 13.8 Å². The van der Waals surface area contributed by atoms with Crippen LogP contribution in [0.2, 0.25) is 0 Å². The lowest BCUT2D eigenvalue weighted by Gasteiger charge is -2.28. The van der Waals surface area contributed by atoms with Crippen LogP contribution in [0.4, 0.5) is 22.0 Å². The molecule has 1 rings (SSSR count). The molecule has 0 saturated heterocycles. The molecule has 156 valence electrons. The molecule has 0 heterocycles. The van der Waals surface area contributed by atoms with Crippen molar-refractivity contribution in [2.24, 2.45) is 0 Å². The second-order valence-electron chi connectivity index (χ2n) is 6.14. The highest BCUT2D eigenvalue weighted by Crippen LogP contribution is 2.24. The van der Waals surface area contributed by atoms with Gasteiger partial charge in [0.1, 0.15) is 5.60 Å². The molecule has 0 spiro atoms. The lowest BCUT2D eigenvalue weighted by atomic mass is 9.97. The Balaban J connectivity index is 2.86. The monoisotopic (exact) mass is 411 g/mol. The molecule has 1 N–H and O–H groups in total. The predicted molar refractivity (Wildman–Crippen MR) is 84.1 cm³/mol. The summed E-state index contributed by atoms with van der Waals surface area (Å²) >= 11 is 0. The highest BCUT2D eigenvalue weighted by Gasteiger charge is 2.32. The minimum atomic E-state index is -2.31. The second-order valence-corrected chi connectivity index (χ2v) is 6.14. The van der Waals surface area contributed by atoms with E-state index in [9.17, 15) is 36.3 Å². The van der Waals surface area contributed by atoms with Gasteiger partial charge in [-0.15, -0.1) is 0 Å². The zero-order chi connectivity index (χ0) is 21.6. The molecule has 1 amide bonds. The van der Waals surface area contributed by atoms with E-state index in [2.05, 4.69) is 0 Å². The molecule has 1 aromatic rings. The van der Waals surface area contributed by atoms with E-state index >= 15 is 0 Å². The molecular formula is C17H18F5NO5. The van der Waals surface area contributed by atoms with Gasteiger partial charge in [0.25, 0.3) is 0 Å². The summed E-state index contributed by atoms with van der Waals surface area (Å²) in [6.07, 6.45) is -0.578. The SMILES string of the molecule is CC(=O)OCCC(C)(CC(=O)NCc1c(F)c(F)c(F)c(F)c1F)OC(C)=O. The Bertz CT molecular complexity index is 757. The van der Waals surface area contributed by atoms with E-state index in [0.29, 0.717) is 0 Å². The van der Waals surface area contributed by atoms with Crippen molar-refractivity contribution in [2.45, 2.75) is 45.8 Å². The zero-order valence-corrected chi connectivity index (χ0v) is 15.3. The van der Waals surface area contributed by atoms with Crippen LogP contribution in [0.5, 0.6) is 0 Å². The average Bonchev–Trinajstić information content (AvgIpc) is 2.56. The van der Waals surface area contributed by atoms with Gasteiger partial charge in [-0.3, -0.25) is 14.4 Å². The summed E-state index contributed by atoms with van der Waals surface area (Å²) in [5.41, 5.74) is -2.64. The first kappa shape index (κ1) is 23.3. The van der Waals surface area contributed by atoms with Gasteiger partial charge in [-0.2, -0.15) is 0 Å². The molecule has 6 nitrogen and oxygen atoms in total. The molecule has 0 aliphatic carbocycles. The summed E-state index contributed by atoms with van der Waals surface area (Å²) in [5.74, 6) is -12.9. The van der Waals surface area contributed by atoms with Crippen LogP contribution >= 0.6 is 0 Å². The Morgan fingerprint density at radius 3 is 1.86 bits per heavy atom. The van der Waals surface area contributed by atoms with Crippen molar-refractivity contribution < 1.29 is 45.8 Å². The van der Waals surface area contributed by atoms with Crippen molar-refractivity contribution >= 4 is 17.8 Å². The lowest BCUT2D eigenvalue weighted by molar-refractivity contribution is -0.160. The van der Waals surface area contributed by atoms with Gasteiger partial charge in [0.05, 0.1) is 13.0 Å². The van der Waals surface area contributed by atoms with Crippen LogP contribution in [-0.4, -0.2) is 30.1 Å². The summed E-state index contributed by atoms with van der Waals surface area (Å²) in [4.78, 5) is 34.1. The number of amides is 1. The molecule has 11 heteroatoms. The number of benzene rings is 1. The molecule has 0 fully saturated rings. The summed E-state index contributed by atoms with van der Waals surface area (Å²) < 4.78 is 76.3. The predicted octanol–water partition coefficient (Wildman–Crippen LogP) is 2.66. The first-order valence-electron chi connectivity index (χ1n) is 7.98. The fraction of sp³-hybridized carbons (Fsp3) is 0.471. The first-order valence-corrected chi connectivity index (χ1v) is 7.98. The Morgan fingerprint density at radius 1 is 0.893 bits per heavy atom. The van der Waals surface area contributed by atoms with Gasteiger partial charge in [-0.25, -0.2) is 22.0 Å². The zero-order valence-electron chi connectivity index (χ0n) is 15.3. The van der Waals surface area contributed by atoms with Gasteiger partial charge in [-0.1, -0.05) is 0 Å². The number of hydrogen-bond acceptors (Lipinski definition) is 5. The van der Waals surface area contributed by atoms with E-state index in [1.807, 2.05) is 5.32 Å². The van der Waals surface area contributed by atoms with Crippen LogP contribution < -0.4 is 5.32 Å². The Kier molecular flexibility index (Phi) is 7.89. The number of nitrogens with one attached hydrogen (secondary N) is 1. The third-order valence-electron chi connectivity index (χ3n) is 3.62. The second kappa shape index (κ2) is 9.47. The molecule has 0 saturated carbocycles.